The van der Waals surface area contributed by atoms with Crippen molar-refractivity contribution in [3.8, 4) is 11.8 Å². The molecule has 0 N–H and O–H groups in total. The second-order valence-corrected chi connectivity index (χ2v) is 2.94. The summed E-state index contributed by atoms with van der Waals surface area (Å²) in [4.78, 5) is 0. The van der Waals surface area contributed by atoms with Crippen LogP contribution in [0.2, 0.25) is 0 Å². The van der Waals surface area contributed by atoms with Crippen molar-refractivity contribution in [2.24, 2.45) is 0 Å². The molecule has 1 nitrogen and oxygen atoms in total. The van der Waals surface area contributed by atoms with Gasteiger partial charge in [0.05, 0.1) is 6.61 Å². The fourth-order valence-electron chi connectivity index (χ4n) is 0.893. The normalized spacial score (nSPS) is 9.00. The van der Waals surface area contributed by atoms with Gasteiger partial charge in [0.1, 0.15) is 6.61 Å². The molecule has 0 unspecified atom stereocenters. The molecule has 74 valence electrons. The van der Waals surface area contributed by atoms with E-state index >= 15 is 0 Å². The maximum absolute atomic E-state index is 5.24. The van der Waals surface area contributed by atoms with E-state index < -0.39 is 0 Å². The van der Waals surface area contributed by atoms with Crippen LogP contribution in [0.15, 0.2) is 12.7 Å². The molecule has 0 amide bonds. The van der Waals surface area contributed by atoms with Crippen LogP contribution in [0, 0.1) is 11.8 Å². The Morgan fingerprint density at radius 1 is 1.31 bits per heavy atom. The summed E-state index contributed by atoms with van der Waals surface area (Å²) in [5.41, 5.74) is 0. The van der Waals surface area contributed by atoms with Gasteiger partial charge in [-0.15, -0.1) is 12.5 Å². The molecule has 0 aliphatic heterocycles. The van der Waals surface area contributed by atoms with Crippen LogP contribution in [0.1, 0.15) is 39.0 Å². The first kappa shape index (κ1) is 12.3. The summed E-state index contributed by atoms with van der Waals surface area (Å²) in [6.45, 7) is 7.13. The zero-order valence-electron chi connectivity index (χ0n) is 8.64. The summed E-state index contributed by atoms with van der Waals surface area (Å²) in [7, 11) is 0. The zero-order valence-corrected chi connectivity index (χ0v) is 8.64. The third-order valence-corrected chi connectivity index (χ3v) is 1.67. The van der Waals surface area contributed by atoms with Crippen molar-refractivity contribution in [2.75, 3.05) is 13.2 Å². The largest absolute Gasteiger partial charge is 0.368 e. The van der Waals surface area contributed by atoms with Gasteiger partial charge in [0.2, 0.25) is 0 Å². The van der Waals surface area contributed by atoms with Crippen molar-refractivity contribution in [1.29, 1.82) is 0 Å². The van der Waals surface area contributed by atoms with Gasteiger partial charge < -0.3 is 4.74 Å². The first-order valence-electron chi connectivity index (χ1n) is 5.06. The Balaban J connectivity index is 3.06. The van der Waals surface area contributed by atoms with E-state index in [4.69, 9.17) is 4.74 Å². The lowest BCUT2D eigenvalue weighted by molar-refractivity contribution is 0.172. The monoisotopic (exact) mass is 180 g/mol. The predicted molar refractivity (Wildman–Crippen MR) is 57.6 cm³/mol. The van der Waals surface area contributed by atoms with Gasteiger partial charge in [0, 0.05) is 6.42 Å². The number of rotatable bonds is 7. The van der Waals surface area contributed by atoms with Gasteiger partial charge in [-0.05, 0) is 12.8 Å². The fourth-order valence-corrected chi connectivity index (χ4v) is 0.893. The number of unbranched alkanes of at least 4 members (excludes halogenated alkanes) is 3. The molecule has 0 heterocycles. The molecule has 0 aliphatic rings. The summed E-state index contributed by atoms with van der Waals surface area (Å²) >= 11 is 0. The minimum atomic E-state index is 0.569. The topological polar surface area (TPSA) is 9.23 Å². The van der Waals surface area contributed by atoms with E-state index in [1.807, 2.05) is 6.08 Å². The van der Waals surface area contributed by atoms with Gasteiger partial charge in [-0.2, -0.15) is 0 Å². The summed E-state index contributed by atoms with van der Waals surface area (Å²) in [6.07, 6.45) is 7.55. The molecule has 0 aromatic rings. The van der Waals surface area contributed by atoms with Crippen molar-refractivity contribution in [3.63, 3.8) is 0 Å². The average molecular weight is 180 g/mol. The van der Waals surface area contributed by atoms with Crippen molar-refractivity contribution < 1.29 is 4.74 Å². The molecule has 0 fully saturated rings. The molecule has 13 heavy (non-hydrogen) atoms. The van der Waals surface area contributed by atoms with E-state index in [0.717, 1.165) is 19.4 Å². The molecule has 0 bridgehead atoms. The highest BCUT2D eigenvalue weighted by Crippen LogP contribution is 1.96. The van der Waals surface area contributed by atoms with Crippen LogP contribution in [0.4, 0.5) is 0 Å². The Kier molecular flexibility index (Phi) is 10.6. The van der Waals surface area contributed by atoms with E-state index in [1.165, 1.54) is 19.3 Å². The second kappa shape index (κ2) is 11.3. The van der Waals surface area contributed by atoms with Crippen LogP contribution >= 0.6 is 0 Å². The lowest BCUT2D eigenvalue weighted by Crippen LogP contribution is -1.92. The standard InChI is InChI=1S/C12H20O/c1-3-5-7-8-9-10-12-13-11-6-4-2/h4H,2-3,5-8,11-12H2,1H3. The molecule has 0 saturated carbocycles. The highest BCUT2D eigenvalue weighted by atomic mass is 16.5. The van der Waals surface area contributed by atoms with Crippen molar-refractivity contribution in [1.82, 2.24) is 0 Å². The van der Waals surface area contributed by atoms with E-state index in [2.05, 4.69) is 25.3 Å². The number of hydrogen-bond donors (Lipinski definition) is 0. The maximum Gasteiger partial charge on any atom is 0.107 e. The fraction of sp³-hybridized carbons (Fsp3) is 0.667. The van der Waals surface area contributed by atoms with Gasteiger partial charge in [0.15, 0.2) is 0 Å². The predicted octanol–water partition coefficient (Wildman–Crippen LogP) is 3.16. The third kappa shape index (κ3) is 11.3. The SMILES string of the molecule is C=CCCOCC#CCCCCC. The Bertz CT molecular complexity index is 162. The second-order valence-electron chi connectivity index (χ2n) is 2.94. The molecule has 0 aliphatic carbocycles. The first-order valence-corrected chi connectivity index (χ1v) is 5.06. The van der Waals surface area contributed by atoms with E-state index in [1.54, 1.807) is 0 Å². The third-order valence-electron chi connectivity index (χ3n) is 1.67. The minimum absolute atomic E-state index is 0.569. The first-order chi connectivity index (χ1) is 6.41. The highest BCUT2D eigenvalue weighted by molar-refractivity contribution is 4.98. The molecule has 0 saturated heterocycles. The smallest absolute Gasteiger partial charge is 0.107 e. The molecule has 0 rings (SSSR count). The molecule has 0 atom stereocenters. The molecule has 0 aromatic carbocycles. The van der Waals surface area contributed by atoms with Crippen LogP contribution in [0.5, 0.6) is 0 Å². The highest BCUT2D eigenvalue weighted by Gasteiger charge is 1.81. The van der Waals surface area contributed by atoms with Gasteiger partial charge in [-0.25, -0.2) is 0 Å². The number of hydrogen-bond acceptors (Lipinski definition) is 1. The van der Waals surface area contributed by atoms with Crippen LogP contribution in [-0.2, 0) is 4.74 Å². The Morgan fingerprint density at radius 2 is 2.15 bits per heavy atom. The summed E-state index contributed by atoms with van der Waals surface area (Å²) in [5, 5.41) is 0. The zero-order chi connectivity index (χ0) is 9.78. The van der Waals surface area contributed by atoms with E-state index in [0.29, 0.717) is 6.61 Å². The van der Waals surface area contributed by atoms with Gasteiger partial charge in [-0.1, -0.05) is 31.8 Å². The Hall–Kier alpha value is -0.740. The lowest BCUT2D eigenvalue weighted by atomic mass is 10.2. The van der Waals surface area contributed by atoms with Crippen LogP contribution < -0.4 is 0 Å². The van der Waals surface area contributed by atoms with Crippen molar-refractivity contribution in [3.05, 3.63) is 12.7 Å². The van der Waals surface area contributed by atoms with Crippen LogP contribution in [-0.4, -0.2) is 13.2 Å². The van der Waals surface area contributed by atoms with Gasteiger partial charge in [-0.3, -0.25) is 0 Å². The summed E-state index contributed by atoms with van der Waals surface area (Å²) in [5.74, 6) is 6.09. The minimum Gasteiger partial charge on any atom is -0.368 e. The van der Waals surface area contributed by atoms with Crippen molar-refractivity contribution >= 4 is 0 Å². The average Bonchev–Trinajstić information content (AvgIpc) is 2.16. The molecular weight excluding hydrogens is 160 g/mol. The molecule has 0 spiro atoms. The quantitative estimate of drug-likeness (QED) is 0.332. The summed E-state index contributed by atoms with van der Waals surface area (Å²) in [6, 6.07) is 0. The molecular formula is C12H20O. The lowest BCUT2D eigenvalue weighted by Gasteiger charge is -1.93. The van der Waals surface area contributed by atoms with Crippen molar-refractivity contribution in [2.45, 2.75) is 39.0 Å². The maximum atomic E-state index is 5.24. The molecule has 0 radical (unpaired) electrons. The molecule has 0 aromatic heterocycles. The Morgan fingerprint density at radius 3 is 2.85 bits per heavy atom. The van der Waals surface area contributed by atoms with E-state index in [9.17, 15) is 0 Å². The molecule has 1 heteroatoms. The number of ether oxygens (including phenoxy) is 1. The van der Waals surface area contributed by atoms with E-state index in [-0.39, 0.29) is 0 Å². The Labute approximate surface area is 82.2 Å². The van der Waals surface area contributed by atoms with Gasteiger partial charge in [0.25, 0.3) is 0 Å². The van der Waals surface area contributed by atoms with Crippen LogP contribution in [0.3, 0.4) is 0 Å². The van der Waals surface area contributed by atoms with Gasteiger partial charge >= 0.3 is 0 Å². The summed E-state index contributed by atoms with van der Waals surface area (Å²) < 4.78 is 5.24. The van der Waals surface area contributed by atoms with Crippen LogP contribution in [0.25, 0.3) is 0 Å².